The molecule has 0 saturated carbocycles. The number of pyridine rings is 1. The maximum atomic E-state index is 14.9. The van der Waals surface area contributed by atoms with Gasteiger partial charge >= 0.3 is 0 Å². The van der Waals surface area contributed by atoms with Gasteiger partial charge in [-0.2, -0.15) is 0 Å². The number of rotatable bonds is 8. The summed E-state index contributed by atoms with van der Waals surface area (Å²) in [5, 5.41) is 33.2. The first-order chi connectivity index (χ1) is 16.9. The van der Waals surface area contributed by atoms with Gasteiger partial charge in [0.2, 0.25) is 0 Å². The van der Waals surface area contributed by atoms with Crippen molar-refractivity contribution in [1.82, 2.24) is 15.3 Å². The summed E-state index contributed by atoms with van der Waals surface area (Å²) in [4.78, 5) is 22.1. The first kappa shape index (κ1) is 24.6. The molecule has 0 fully saturated rings. The number of benzene rings is 2. The van der Waals surface area contributed by atoms with Crippen LogP contribution in [0.5, 0.6) is 0 Å². The van der Waals surface area contributed by atoms with Gasteiger partial charge in [0.05, 0.1) is 34.3 Å². The monoisotopic (exact) mass is 497 g/mol. The minimum atomic E-state index is -1.52. The fourth-order valence-corrected chi connectivity index (χ4v) is 4.51. The second-order valence-corrected chi connectivity index (χ2v) is 8.68. The number of amides is 1. The molecule has 0 bridgehead atoms. The number of aliphatic hydroxyl groups is 3. The molecular formula is C25H21F2N3O4S. The largest absolute Gasteiger partial charge is 0.394 e. The number of aromatic nitrogens is 2. The molecule has 0 spiro atoms. The third kappa shape index (κ3) is 5.41. The molecule has 2 heterocycles. The van der Waals surface area contributed by atoms with Crippen molar-refractivity contribution in [2.75, 3.05) is 6.61 Å². The third-order valence-corrected chi connectivity index (χ3v) is 6.40. The molecular weight excluding hydrogens is 476 g/mol. The van der Waals surface area contributed by atoms with E-state index in [1.165, 1.54) is 48.8 Å². The van der Waals surface area contributed by atoms with Crippen LogP contribution in [0, 0.1) is 11.6 Å². The van der Waals surface area contributed by atoms with Crippen molar-refractivity contribution in [3.05, 3.63) is 95.9 Å². The van der Waals surface area contributed by atoms with Crippen LogP contribution in [0.4, 0.5) is 8.78 Å². The molecule has 0 radical (unpaired) electrons. The number of hydrogen-bond acceptors (Lipinski definition) is 7. The van der Waals surface area contributed by atoms with Crippen LogP contribution in [-0.4, -0.2) is 49.9 Å². The zero-order chi connectivity index (χ0) is 24.9. The van der Waals surface area contributed by atoms with Crippen molar-refractivity contribution in [2.24, 2.45) is 0 Å². The molecule has 4 rings (SSSR count). The normalized spacial score (nSPS) is 13.7. The summed E-state index contributed by atoms with van der Waals surface area (Å²) in [6.07, 6.45) is -0.0128. The van der Waals surface area contributed by atoms with E-state index in [1.807, 2.05) is 0 Å². The Hall–Kier alpha value is -3.57. The molecule has 35 heavy (non-hydrogen) atoms. The van der Waals surface area contributed by atoms with Crippen LogP contribution in [0.25, 0.3) is 21.0 Å². The van der Waals surface area contributed by atoms with E-state index in [4.69, 9.17) is 0 Å². The van der Waals surface area contributed by atoms with Gasteiger partial charge < -0.3 is 20.6 Å². The van der Waals surface area contributed by atoms with E-state index in [2.05, 4.69) is 15.3 Å². The molecule has 2 aromatic carbocycles. The highest BCUT2D eigenvalue weighted by molar-refractivity contribution is 7.18. The van der Waals surface area contributed by atoms with Gasteiger partial charge in [0.25, 0.3) is 5.91 Å². The number of halogens is 2. The summed E-state index contributed by atoms with van der Waals surface area (Å²) < 4.78 is 28.2. The molecule has 1 amide bonds. The lowest BCUT2D eigenvalue weighted by Gasteiger charge is -2.27. The van der Waals surface area contributed by atoms with Gasteiger partial charge in [-0.15, -0.1) is 11.3 Å². The predicted molar refractivity (Wildman–Crippen MR) is 126 cm³/mol. The Labute approximate surface area is 203 Å². The van der Waals surface area contributed by atoms with Crippen molar-refractivity contribution in [2.45, 2.75) is 18.2 Å². The zero-order valence-corrected chi connectivity index (χ0v) is 19.0. The van der Waals surface area contributed by atoms with E-state index in [1.54, 1.807) is 24.3 Å². The highest BCUT2D eigenvalue weighted by Crippen LogP contribution is 2.35. The molecule has 0 aliphatic heterocycles. The highest BCUT2D eigenvalue weighted by Gasteiger charge is 2.31. The summed E-state index contributed by atoms with van der Waals surface area (Å²) >= 11 is 1.12. The second-order valence-electron chi connectivity index (χ2n) is 7.65. The van der Waals surface area contributed by atoms with E-state index in [9.17, 15) is 28.9 Å². The van der Waals surface area contributed by atoms with Crippen molar-refractivity contribution >= 4 is 17.2 Å². The van der Waals surface area contributed by atoms with E-state index in [0.29, 0.717) is 10.4 Å². The van der Waals surface area contributed by atoms with Gasteiger partial charge in [0, 0.05) is 12.4 Å². The van der Waals surface area contributed by atoms with Gasteiger partial charge in [-0.3, -0.25) is 9.78 Å². The Morgan fingerprint density at radius 1 is 1.00 bits per heavy atom. The van der Waals surface area contributed by atoms with E-state index in [0.717, 1.165) is 11.3 Å². The van der Waals surface area contributed by atoms with Crippen molar-refractivity contribution in [3.8, 4) is 21.0 Å². The van der Waals surface area contributed by atoms with E-state index in [-0.39, 0.29) is 27.6 Å². The summed E-state index contributed by atoms with van der Waals surface area (Å²) in [5.41, 5.74) is 0.719. The molecule has 0 aliphatic carbocycles. The number of carbonyl (C=O) groups excluding carboxylic acids is 1. The smallest absolute Gasteiger partial charge is 0.252 e. The minimum Gasteiger partial charge on any atom is -0.394 e. The molecule has 3 atom stereocenters. The fourth-order valence-electron chi connectivity index (χ4n) is 3.53. The third-order valence-electron chi connectivity index (χ3n) is 5.34. The maximum absolute atomic E-state index is 14.9. The van der Waals surface area contributed by atoms with Crippen LogP contribution in [0.1, 0.15) is 22.2 Å². The number of thiazole rings is 1. The highest BCUT2D eigenvalue weighted by atomic mass is 32.1. The van der Waals surface area contributed by atoms with Gasteiger partial charge in [0.15, 0.2) is 0 Å². The van der Waals surface area contributed by atoms with Crippen LogP contribution >= 0.6 is 11.3 Å². The van der Waals surface area contributed by atoms with Crippen LogP contribution in [-0.2, 0) is 0 Å². The van der Waals surface area contributed by atoms with Crippen LogP contribution < -0.4 is 5.32 Å². The van der Waals surface area contributed by atoms with Gasteiger partial charge in [-0.1, -0.05) is 24.3 Å². The quantitative estimate of drug-likeness (QED) is 0.297. The number of hydrogen-bond donors (Lipinski definition) is 4. The van der Waals surface area contributed by atoms with E-state index >= 15 is 0 Å². The number of nitrogens with one attached hydrogen (secondary N) is 1. The van der Waals surface area contributed by atoms with Gasteiger partial charge in [-0.05, 0) is 42.0 Å². The van der Waals surface area contributed by atoms with Gasteiger partial charge in [-0.25, -0.2) is 13.8 Å². The molecule has 0 aliphatic rings. The first-order valence-electron chi connectivity index (χ1n) is 10.6. The molecule has 7 nitrogen and oxygen atoms in total. The topological polar surface area (TPSA) is 116 Å². The Morgan fingerprint density at radius 3 is 2.46 bits per heavy atom. The standard InChI is InChI=1S/C25H21F2N3O4S/c26-15-9-7-14(8-10-15)20-12-29-25(35-20)21-16(4-3-5-17(21)27)24(34)30-22(19(32)13-31)23(33)18-6-1-2-11-28-18/h1-12,19,22-23,31-33H,13H2,(H,30,34)/t19-,22+,23?/m1/s1. The molecule has 2 aromatic heterocycles. The predicted octanol–water partition coefficient (Wildman–Crippen LogP) is 3.34. The molecule has 180 valence electrons. The summed E-state index contributed by atoms with van der Waals surface area (Å²) in [5.74, 6) is -1.87. The molecule has 4 aromatic rings. The first-order valence-corrected chi connectivity index (χ1v) is 11.4. The molecule has 1 unspecified atom stereocenters. The second kappa shape index (κ2) is 10.8. The van der Waals surface area contributed by atoms with Crippen LogP contribution in [0.2, 0.25) is 0 Å². The zero-order valence-electron chi connectivity index (χ0n) is 18.2. The van der Waals surface area contributed by atoms with Crippen molar-refractivity contribution in [3.63, 3.8) is 0 Å². The maximum Gasteiger partial charge on any atom is 0.252 e. The van der Waals surface area contributed by atoms with Crippen molar-refractivity contribution in [1.29, 1.82) is 0 Å². The lowest BCUT2D eigenvalue weighted by atomic mass is 10.00. The molecule has 4 N–H and O–H groups in total. The van der Waals surface area contributed by atoms with Gasteiger partial charge in [0.1, 0.15) is 28.8 Å². The lowest BCUT2D eigenvalue weighted by Crippen LogP contribution is -2.49. The minimum absolute atomic E-state index is 0.0621. The average Bonchev–Trinajstić information content (AvgIpc) is 3.36. The SMILES string of the molecule is O=C(N[C@H](C(O)c1ccccn1)[C@H](O)CO)c1cccc(F)c1-c1ncc(-c2ccc(F)cc2)s1. The number of aliphatic hydroxyl groups excluding tert-OH is 3. The Kier molecular flexibility index (Phi) is 7.57. The van der Waals surface area contributed by atoms with E-state index < -0.39 is 36.6 Å². The van der Waals surface area contributed by atoms with Crippen molar-refractivity contribution < 1.29 is 28.9 Å². The summed E-state index contributed by atoms with van der Waals surface area (Å²) in [7, 11) is 0. The summed E-state index contributed by atoms with van der Waals surface area (Å²) in [6.45, 7) is -0.738. The van der Waals surface area contributed by atoms with Crippen LogP contribution in [0.3, 0.4) is 0 Å². The molecule has 10 heteroatoms. The Bertz CT molecular complexity index is 1300. The fraction of sp³-hybridized carbons (Fsp3) is 0.160. The number of carbonyl (C=O) groups is 1. The number of nitrogens with zero attached hydrogens (tertiary/aromatic N) is 2. The summed E-state index contributed by atoms with van der Waals surface area (Å²) in [6, 6.07) is 13.1. The lowest BCUT2D eigenvalue weighted by molar-refractivity contribution is 0.00495. The Balaban J connectivity index is 1.66. The van der Waals surface area contributed by atoms with Crippen LogP contribution in [0.15, 0.2) is 73.1 Å². The Morgan fingerprint density at radius 2 is 1.77 bits per heavy atom. The average molecular weight is 498 g/mol. The molecule has 0 saturated heterocycles.